The predicted molar refractivity (Wildman–Crippen MR) is 80.0 cm³/mol. The van der Waals surface area contributed by atoms with Gasteiger partial charge in [-0.1, -0.05) is 30.1 Å². The molecule has 1 heterocycles. The minimum absolute atomic E-state index is 0.647. The van der Waals surface area contributed by atoms with Gasteiger partial charge in [0.1, 0.15) is 5.82 Å². The topological polar surface area (TPSA) is 24.9 Å². The average molecular weight is 283 g/mol. The highest BCUT2D eigenvalue weighted by atomic mass is 35.5. The molecule has 18 heavy (non-hydrogen) atoms. The molecule has 0 unspecified atom stereocenters. The van der Waals surface area contributed by atoms with E-state index in [4.69, 9.17) is 23.2 Å². The molecule has 0 fully saturated rings. The molecule has 0 saturated heterocycles. The Morgan fingerprint density at radius 2 is 1.94 bits per heavy atom. The van der Waals surface area contributed by atoms with Crippen LogP contribution < -0.4 is 5.32 Å². The monoisotopic (exact) mass is 282 g/mol. The summed E-state index contributed by atoms with van der Waals surface area (Å²) in [5, 5.41) is 5.58. The van der Waals surface area contributed by atoms with Gasteiger partial charge in [-0.2, -0.15) is 0 Å². The highest BCUT2D eigenvalue weighted by molar-refractivity contribution is 6.40. The number of hydrogen-bond donors (Lipinski definition) is 1. The second-order valence-electron chi connectivity index (χ2n) is 4.27. The first-order chi connectivity index (χ1) is 8.58. The lowest BCUT2D eigenvalue weighted by atomic mass is 10.1. The summed E-state index contributed by atoms with van der Waals surface area (Å²) in [5.41, 5.74) is 2.91. The molecule has 4 heteroatoms. The highest BCUT2D eigenvalue weighted by Gasteiger charge is 2.12. The van der Waals surface area contributed by atoms with Crippen LogP contribution >= 0.6 is 23.2 Å². The van der Waals surface area contributed by atoms with E-state index in [0.29, 0.717) is 5.02 Å². The number of fused-ring (bicyclic) bond motifs is 1. The molecule has 2 aromatic rings. The summed E-state index contributed by atoms with van der Waals surface area (Å²) in [5.74, 6) is 0.898. The molecule has 0 spiro atoms. The molecule has 0 aliphatic carbocycles. The maximum atomic E-state index is 6.34. The number of aromatic nitrogens is 1. The Bertz CT molecular complexity index is 594. The van der Waals surface area contributed by atoms with E-state index in [2.05, 4.69) is 30.2 Å². The van der Waals surface area contributed by atoms with Gasteiger partial charge in [0.25, 0.3) is 0 Å². The fraction of sp³-hybridized carbons (Fsp3) is 0.357. The molecule has 0 aliphatic heterocycles. The highest BCUT2D eigenvalue weighted by Crippen LogP contribution is 2.34. The Morgan fingerprint density at radius 3 is 2.56 bits per heavy atom. The summed E-state index contributed by atoms with van der Waals surface area (Å²) in [4.78, 5) is 4.61. The number of anilines is 1. The minimum atomic E-state index is 0.647. The molecule has 0 saturated carbocycles. The van der Waals surface area contributed by atoms with Crippen LogP contribution in [0, 0.1) is 6.92 Å². The molecule has 0 aliphatic rings. The number of nitrogens with zero attached hydrogens (tertiary/aromatic N) is 1. The predicted octanol–water partition coefficient (Wildman–Crippen LogP) is 4.84. The van der Waals surface area contributed by atoms with Gasteiger partial charge in [0.05, 0.1) is 15.6 Å². The molecular formula is C14H16Cl2N2. The summed E-state index contributed by atoms with van der Waals surface area (Å²) < 4.78 is 0. The van der Waals surface area contributed by atoms with Crippen LogP contribution in [0.3, 0.4) is 0 Å². The van der Waals surface area contributed by atoms with Gasteiger partial charge in [-0.3, -0.25) is 0 Å². The molecular weight excluding hydrogens is 267 g/mol. The second kappa shape index (κ2) is 5.33. The SMILES string of the molecule is CCNc1nc2c(Cl)cc(C)c(Cl)c2cc1CC. The molecule has 96 valence electrons. The Balaban J connectivity index is 2.78. The molecule has 1 aromatic carbocycles. The fourth-order valence-corrected chi connectivity index (χ4v) is 2.53. The van der Waals surface area contributed by atoms with E-state index < -0.39 is 0 Å². The lowest BCUT2D eigenvalue weighted by molar-refractivity contribution is 1.08. The van der Waals surface area contributed by atoms with E-state index in [1.807, 2.05) is 13.0 Å². The van der Waals surface area contributed by atoms with E-state index >= 15 is 0 Å². The van der Waals surface area contributed by atoms with Crippen molar-refractivity contribution in [2.75, 3.05) is 11.9 Å². The van der Waals surface area contributed by atoms with Crippen molar-refractivity contribution in [3.8, 4) is 0 Å². The molecule has 1 N–H and O–H groups in total. The largest absolute Gasteiger partial charge is 0.370 e. The zero-order chi connectivity index (χ0) is 13.3. The molecule has 0 amide bonds. The quantitative estimate of drug-likeness (QED) is 0.871. The van der Waals surface area contributed by atoms with Crippen molar-refractivity contribution in [2.24, 2.45) is 0 Å². The van der Waals surface area contributed by atoms with Crippen molar-refractivity contribution in [3.05, 3.63) is 33.3 Å². The molecule has 0 atom stereocenters. The number of benzene rings is 1. The number of nitrogens with one attached hydrogen (secondary N) is 1. The summed E-state index contributed by atoms with van der Waals surface area (Å²) >= 11 is 12.6. The average Bonchev–Trinajstić information content (AvgIpc) is 2.36. The van der Waals surface area contributed by atoms with E-state index in [9.17, 15) is 0 Å². The van der Waals surface area contributed by atoms with Crippen LogP contribution in [0.5, 0.6) is 0 Å². The number of pyridine rings is 1. The van der Waals surface area contributed by atoms with E-state index in [-0.39, 0.29) is 0 Å². The normalized spacial score (nSPS) is 10.9. The number of halogens is 2. The van der Waals surface area contributed by atoms with Gasteiger partial charge in [-0.25, -0.2) is 4.98 Å². The van der Waals surface area contributed by atoms with Crippen LogP contribution in [-0.2, 0) is 6.42 Å². The summed E-state index contributed by atoms with van der Waals surface area (Å²) in [6, 6.07) is 3.95. The number of aryl methyl sites for hydroxylation is 2. The van der Waals surface area contributed by atoms with Gasteiger partial charge < -0.3 is 5.32 Å². The van der Waals surface area contributed by atoms with Crippen molar-refractivity contribution in [3.63, 3.8) is 0 Å². The van der Waals surface area contributed by atoms with Crippen molar-refractivity contribution < 1.29 is 0 Å². The van der Waals surface area contributed by atoms with Gasteiger partial charge in [0, 0.05) is 11.9 Å². The fourth-order valence-electron chi connectivity index (χ4n) is 2.03. The zero-order valence-corrected chi connectivity index (χ0v) is 12.3. The van der Waals surface area contributed by atoms with Crippen molar-refractivity contribution in [2.45, 2.75) is 27.2 Å². The number of hydrogen-bond acceptors (Lipinski definition) is 2. The maximum absolute atomic E-state index is 6.34. The molecule has 1 aromatic heterocycles. The maximum Gasteiger partial charge on any atom is 0.129 e. The standard InChI is InChI=1S/C14H16Cl2N2/c1-4-9-7-10-12(16)8(3)6-11(15)13(10)18-14(9)17-5-2/h6-7H,4-5H2,1-3H3,(H,17,18). The Hall–Kier alpha value is -0.990. The Kier molecular flexibility index (Phi) is 3.98. The minimum Gasteiger partial charge on any atom is -0.370 e. The molecule has 0 bridgehead atoms. The first kappa shape index (κ1) is 13.4. The lowest BCUT2D eigenvalue weighted by Gasteiger charge is -2.13. The van der Waals surface area contributed by atoms with Gasteiger partial charge in [0.2, 0.25) is 0 Å². The Morgan fingerprint density at radius 1 is 1.22 bits per heavy atom. The molecule has 2 rings (SSSR count). The first-order valence-electron chi connectivity index (χ1n) is 6.10. The van der Waals surface area contributed by atoms with Crippen molar-refractivity contribution in [1.29, 1.82) is 0 Å². The van der Waals surface area contributed by atoms with E-state index in [1.54, 1.807) is 0 Å². The second-order valence-corrected chi connectivity index (χ2v) is 5.05. The third-order valence-corrected chi connectivity index (χ3v) is 3.77. The van der Waals surface area contributed by atoms with E-state index in [0.717, 1.165) is 45.8 Å². The van der Waals surface area contributed by atoms with Crippen LogP contribution in [0.15, 0.2) is 12.1 Å². The molecule has 0 radical (unpaired) electrons. The summed E-state index contributed by atoms with van der Waals surface area (Å²) in [7, 11) is 0. The summed E-state index contributed by atoms with van der Waals surface area (Å²) in [6.45, 7) is 6.95. The first-order valence-corrected chi connectivity index (χ1v) is 6.86. The van der Waals surface area contributed by atoms with Crippen LogP contribution in [-0.4, -0.2) is 11.5 Å². The van der Waals surface area contributed by atoms with Gasteiger partial charge >= 0.3 is 0 Å². The van der Waals surface area contributed by atoms with Crippen molar-refractivity contribution in [1.82, 2.24) is 4.98 Å². The van der Waals surface area contributed by atoms with Gasteiger partial charge in [-0.15, -0.1) is 0 Å². The summed E-state index contributed by atoms with van der Waals surface area (Å²) in [6.07, 6.45) is 0.910. The van der Waals surface area contributed by atoms with Crippen LogP contribution in [0.4, 0.5) is 5.82 Å². The molecule has 2 nitrogen and oxygen atoms in total. The number of rotatable bonds is 3. The lowest BCUT2D eigenvalue weighted by Crippen LogP contribution is -2.03. The smallest absolute Gasteiger partial charge is 0.129 e. The third-order valence-electron chi connectivity index (χ3n) is 2.98. The van der Waals surface area contributed by atoms with Crippen LogP contribution in [0.1, 0.15) is 25.0 Å². The van der Waals surface area contributed by atoms with Gasteiger partial charge in [-0.05, 0) is 43.5 Å². The Labute approximate surface area is 117 Å². The zero-order valence-electron chi connectivity index (χ0n) is 10.8. The van der Waals surface area contributed by atoms with Gasteiger partial charge in [0.15, 0.2) is 0 Å². The van der Waals surface area contributed by atoms with Crippen LogP contribution in [0.2, 0.25) is 10.0 Å². The van der Waals surface area contributed by atoms with E-state index in [1.165, 1.54) is 0 Å². The van der Waals surface area contributed by atoms with Crippen molar-refractivity contribution >= 4 is 39.9 Å². The van der Waals surface area contributed by atoms with Crippen LogP contribution in [0.25, 0.3) is 10.9 Å². The third kappa shape index (κ3) is 2.27.